The summed E-state index contributed by atoms with van der Waals surface area (Å²) in [6.07, 6.45) is 18.8. The van der Waals surface area contributed by atoms with Crippen LogP contribution >= 0.6 is 0 Å². The minimum Gasteiger partial charge on any atom is -0.459 e. The van der Waals surface area contributed by atoms with Crippen molar-refractivity contribution < 1.29 is 38.2 Å². The Balaban J connectivity index is -0.0000000421. The number of carbonyl (C=O) groups is 2. The van der Waals surface area contributed by atoms with Crippen molar-refractivity contribution >= 4 is 24.2 Å². The van der Waals surface area contributed by atoms with Gasteiger partial charge >= 0.3 is 24.2 Å². The van der Waals surface area contributed by atoms with Crippen LogP contribution in [0.25, 0.3) is 0 Å². The fourth-order valence-electron chi connectivity index (χ4n) is 0.118. The molecule has 0 saturated carbocycles. The molecule has 0 aromatic carbocycles. The quantitative estimate of drug-likeness (QED) is 0.336. The molecule has 0 aliphatic rings. The second-order valence-electron chi connectivity index (χ2n) is 2.02. The molecule has 24 heavy (non-hydrogen) atoms. The Morgan fingerprint density at radius 1 is 0.667 bits per heavy atom. The lowest BCUT2D eigenvalue weighted by Crippen LogP contribution is -1.92. The zero-order valence-corrected chi connectivity index (χ0v) is 13.6. The van der Waals surface area contributed by atoms with Gasteiger partial charge in [0.2, 0.25) is 0 Å². The van der Waals surface area contributed by atoms with E-state index >= 15 is 0 Å². The Morgan fingerprint density at radius 2 is 0.792 bits per heavy atom. The van der Waals surface area contributed by atoms with E-state index in [1.165, 1.54) is 14.2 Å². The van der Waals surface area contributed by atoms with Crippen molar-refractivity contribution in [1.29, 1.82) is 0 Å². The Kier molecular flexibility index (Phi) is 94.6. The highest BCUT2D eigenvalue weighted by Crippen LogP contribution is 1.62. The summed E-state index contributed by atoms with van der Waals surface area (Å²) in [7, 11) is 2.48. The van der Waals surface area contributed by atoms with E-state index < -0.39 is 11.9 Å². The molecule has 0 aliphatic carbocycles. The average molecular weight is 336 g/mol. The van der Waals surface area contributed by atoms with Gasteiger partial charge in [-0.2, -0.15) is 19.2 Å². The lowest BCUT2D eigenvalue weighted by atomic mass is 10.7. The first kappa shape index (κ1) is 36.8. The molecule has 0 unspecified atom stereocenters. The summed E-state index contributed by atoms with van der Waals surface area (Å²) in [5.41, 5.74) is 0. The third-order valence-corrected chi connectivity index (χ3v) is 0.606. The van der Waals surface area contributed by atoms with Crippen molar-refractivity contribution in [2.45, 2.75) is 13.8 Å². The van der Waals surface area contributed by atoms with Gasteiger partial charge in [0.25, 0.3) is 0 Å². The van der Waals surface area contributed by atoms with Gasteiger partial charge in [-0.05, 0) is 13.8 Å². The molecule has 0 saturated heterocycles. The Bertz CT molecular complexity index is 470. The van der Waals surface area contributed by atoms with Crippen molar-refractivity contribution in [3.8, 4) is 49.4 Å². The Morgan fingerprint density at radius 3 is 0.792 bits per heavy atom. The largest absolute Gasteiger partial charge is 0.459 e. The van der Waals surface area contributed by atoms with Crippen LogP contribution in [-0.4, -0.2) is 38.5 Å². The molecule has 0 aromatic rings. The van der Waals surface area contributed by atoms with Gasteiger partial charge in [-0.3, -0.25) is 0 Å². The van der Waals surface area contributed by atoms with Crippen molar-refractivity contribution in [3.63, 3.8) is 0 Å². The van der Waals surface area contributed by atoms with Gasteiger partial charge in [-0.1, -0.05) is 0 Å². The molecule has 0 atom stereocenters. The van der Waals surface area contributed by atoms with Gasteiger partial charge in [0.05, 0.1) is 14.2 Å². The van der Waals surface area contributed by atoms with Gasteiger partial charge in [0.15, 0.2) is 0 Å². The van der Waals surface area contributed by atoms with E-state index in [2.05, 4.69) is 47.0 Å². The molecule has 0 spiro atoms. The number of methoxy groups -OCH3 is 2. The fourth-order valence-corrected chi connectivity index (χ4v) is 0.118. The van der Waals surface area contributed by atoms with Crippen LogP contribution in [-0.2, 0) is 38.2 Å². The Hall–Kier alpha value is -4.06. The number of hydrogen-bond donors (Lipinski definition) is 0. The molecule has 0 rings (SSSR count). The molecule has 0 fully saturated rings. The van der Waals surface area contributed by atoms with Crippen LogP contribution in [0, 0.1) is 49.4 Å². The third-order valence-electron chi connectivity index (χ3n) is 0.606. The molecular formula is C16H16O8. The zero-order chi connectivity index (χ0) is 20.8. The summed E-state index contributed by atoms with van der Waals surface area (Å²) in [5.74, 6) is 6.75. The summed E-state index contributed by atoms with van der Waals surface area (Å²) >= 11 is 0. The number of ether oxygens (including phenoxy) is 2. The first-order valence-corrected chi connectivity index (χ1v) is 5.10. The molecule has 8 heteroatoms. The smallest absolute Gasteiger partial charge is 0.383 e. The first-order chi connectivity index (χ1) is 11.3. The minimum atomic E-state index is -0.630. The zero-order valence-electron chi connectivity index (χ0n) is 13.6. The second kappa shape index (κ2) is 61.7. The van der Waals surface area contributed by atoms with E-state index in [1.807, 2.05) is 0 Å². The maximum Gasteiger partial charge on any atom is 0.383 e. The lowest BCUT2D eigenvalue weighted by Gasteiger charge is -1.80. The molecule has 0 N–H and O–H groups in total. The molecule has 8 nitrogen and oxygen atoms in total. The molecule has 0 aliphatic heterocycles. The summed E-state index contributed by atoms with van der Waals surface area (Å²) < 4.78 is 8.05. The predicted octanol–water partition coefficient (Wildman–Crippen LogP) is -0.303. The first-order valence-electron chi connectivity index (χ1n) is 5.10. The maximum atomic E-state index is 9.72. The number of carbonyl (C=O) groups excluding carboxylic acids is 6. The molecule has 0 amide bonds. The van der Waals surface area contributed by atoms with Crippen molar-refractivity contribution in [2.24, 2.45) is 0 Å². The molecule has 0 aromatic heterocycles. The van der Waals surface area contributed by atoms with E-state index in [-0.39, 0.29) is 12.3 Å². The normalized spacial score (nSPS) is 4.33. The average Bonchev–Trinajstić information content (AvgIpc) is 2.56. The number of rotatable bonds is 0. The van der Waals surface area contributed by atoms with Crippen molar-refractivity contribution in [1.82, 2.24) is 0 Å². The highest BCUT2D eigenvalue weighted by Gasteiger charge is 1.83. The summed E-state index contributed by atoms with van der Waals surface area (Å²) in [6, 6.07) is 0. The summed E-state index contributed by atoms with van der Waals surface area (Å²) in [5, 5.41) is 0. The highest BCUT2D eigenvalue weighted by atomic mass is 16.5. The molecule has 128 valence electrons. The van der Waals surface area contributed by atoms with Crippen LogP contribution in [0.5, 0.6) is 0 Å². The van der Waals surface area contributed by atoms with Gasteiger partial charge < -0.3 is 9.47 Å². The van der Waals surface area contributed by atoms with Gasteiger partial charge in [0.1, 0.15) is 0 Å². The topological polar surface area (TPSA) is 121 Å². The molecular weight excluding hydrogens is 320 g/mol. The van der Waals surface area contributed by atoms with Crippen molar-refractivity contribution in [3.05, 3.63) is 0 Å². The van der Waals surface area contributed by atoms with Crippen LogP contribution in [0.3, 0.4) is 0 Å². The van der Waals surface area contributed by atoms with Crippen LogP contribution in [0.4, 0.5) is 0 Å². The van der Waals surface area contributed by atoms with E-state index in [9.17, 15) is 9.59 Å². The second-order valence-corrected chi connectivity index (χ2v) is 2.02. The van der Waals surface area contributed by atoms with Crippen LogP contribution in [0.15, 0.2) is 0 Å². The summed E-state index contributed by atoms with van der Waals surface area (Å²) in [4.78, 5) is 51.9. The van der Waals surface area contributed by atoms with E-state index in [1.54, 1.807) is 25.7 Å². The van der Waals surface area contributed by atoms with E-state index in [0.717, 1.165) is 0 Å². The number of terminal acetylenes is 4. The van der Waals surface area contributed by atoms with E-state index in [0.29, 0.717) is 0 Å². The molecule has 0 bridgehead atoms. The standard InChI is InChI=1S/2C4H4O2.2C3H4.2CO2/c2*1-3-4(5)6-2;2*1-3-2;2*2-1-3/h2*1H,2H3;2*1H,2H3;;. The maximum absolute atomic E-state index is 9.72. The van der Waals surface area contributed by atoms with Crippen LogP contribution < -0.4 is 0 Å². The highest BCUT2D eigenvalue weighted by molar-refractivity contribution is 5.87. The predicted molar refractivity (Wildman–Crippen MR) is 80.7 cm³/mol. The van der Waals surface area contributed by atoms with Gasteiger partial charge in [-0.15, -0.1) is 37.5 Å². The fraction of sp³-hybridized carbons (Fsp3) is 0.250. The van der Waals surface area contributed by atoms with Crippen LogP contribution in [0.1, 0.15) is 13.8 Å². The Labute approximate surface area is 140 Å². The number of hydrogen-bond acceptors (Lipinski definition) is 8. The van der Waals surface area contributed by atoms with Crippen LogP contribution in [0.2, 0.25) is 0 Å². The van der Waals surface area contributed by atoms with Gasteiger partial charge in [0, 0.05) is 11.8 Å². The lowest BCUT2D eigenvalue weighted by molar-refractivity contribution is -0.193. The number of esters is 2. The summed E-state index contributed by atoms with van der Waals surface area (Å²) in [6.45, 7) is 3.31. The van der Waals surface area contributed by atoms with Gasteiger partial charge in [-0.25, -0.2) is 9.59 Å². The van der Waals surface area contributed by atoms with Crippen molar-refractivity contribution in [2.75, 3.05) is 14.2 Å². The third kappa shape index (κ3) is 332. The molecule has 0 radical (unpaired) electrons. The molecule has 0 heterocycles. The minimum absolute atomic E-state index is 0.250. The van der Waals surface area contributed by atoms with E-state index in [4.69, 9.17) is 19.2 Å². The SMILES string of the molecule is C#CC.C#CC.C#CC(=O)OC.C#CC(=O)OC.O=C=O.O=C=O. The monoisotopic (exact) mass is 336 g/mol.